The highest BCUT2D eigenvalue weighted by molar-refractivity contribution is 5.75. The maximum Gasteiger partial charge on any atom is 0.318 e. The first-order valence-electron chi connectivity index (χ1n) is 10.5. The number of amides is 2. The third-order valence-electron chi connectivity index (χ3n) is 6.29. The Kier molecular flexibility index (Phi) is 5.48. The number of carbonyl (C=O) groups excluding carboxylic acids is 1. The lowest BCUT2D eigenvalue weighted by molar-refractivity contribution is 0.143. The summed E-state index contributed by atoms with van der Waals surface area (Å²) in [5.41, 5.74) is 1.34. The van der Waals surface area contributed by atoms with Crippen LogP contribution in [0, 0.1) is 0 Å². The van der Waals surface area contributed by atoms with E-state index in [4.69, 9.17) is 0 Å². The van der Waals surface area contributed by atoms with E-state index in [9.17, 15) is 4.79 Å². The molecule has 3 aliphatic rings. The molecule has 2 atom stereocenters. The van der Waals surface area contributed by atoms with Gasteiger partial charge in [0.1, 0.15) is 5.82 Å². The van der Waals surface area contributed by atoms with Crippen LogP contribution in [0.1, 0.15) is 63.1 Å². The number of hydrogen-bond acceptors (Lipinski definition) is 4. The van der Waals surface area contributed by atoms with Crippen molar-refractivity contribution >= 4 is 6.03 Å². The number of aryl methyl sites for hydroxylation is 1. The Morgan fingerprint density at radius 3 is 2.81 bits per heavy atom. The summed E-state index contributed by atoms with van der Waals surface area (Å²) in [5, 5.41) is 12.2. The minimum Gasteiger partial charge on any atom is -0.332 e. The van der Waals surface area contributed by atoms with Gasteiger partial charge in [0.15, 0.2) is 5.82 Å². The van der Waals surface area contributed by atoms with Crippen molar-refractivity contribution in [3.8, 4) is 0 Å². The van der Waals surface area contributed by atoms with Gasteiger partial charge in [0.2, 0.25) is 0 Å². The molecular weight excluding hydrogens is 340 g/mol. The monoisotopic (exact) mass is 372 g/mol. The number of likely N-dealkylation sites (N-methyl/N-ethyl adjacent to an activating group) is 1. The van der Waals surface area contributed by atoms with E-state index in [0.29, 0.717) is 0 Å². The van der Waals surface area contributed by atoms with E-state index in [2.05, 4.69) is 45.0 Å². The molecule has 27 heavy (non-hydrogen) atoms. The van der Waals surface area contributed by atoms with Gasteiger partial charge in [-0.25, -0.2) is 4.79 Å². The van der Waals surface area contributed by atoms with Gasteiger partial charge >= 0.3 is 6.03 Å². The van der Waals surface area contributed by atoms with E-state index in [1.807, 2.05) is 4.90 Å². The van der Waals surface area contributed by atoms with E-state index in [-0.39, 0.29) is 18.1 Å². The molecule has 0 saturated carbocycles. The van der Waals surface area contributed by atoms with Crippen LogP contribution in [0.25, 0.3) is 0 Å². The van der Waals surface area contributed by atoms with Crippen LogP contribution in [0.15, 0.2) is 11.6 Å². The van der Waals surface area contributed by atoms with Crippen LogP contribution in [-0.2, 0) is 13.0 Å². The third kappa shape index (κ3) is 3.88. The molecule has 1 aromatic rings. The molecule has 0 spiro atoms. The normalized spacial score (nSPS) is 24.9. The predicted octanol–water partition coefficient (Wildman–Crippen LogP) is 2.50. The SMILES string of the molecule is CC(NC(=O)N1CCCCC1c1nnc2n1CCCC2)C1=CCN(C)CC1. The molecule has 0 radical (unpaired) electrons. The first kappa shape index (κ1) is 18.5. The fourth-order valence-corrected chi connectivity index (χ4v) is 4.56. The quantitative estimate of drug-likeness (QED) is 0.828. The van der Waals surface area contributed by atoms with Gasteiger partial charge in [0, 0.05) is 38.6 Å². The molecule has 2 unspecified atom stereocenters. The smallest absolute Gasteiger partial charge is 0.318 e. The van der Waals surface area contributed by atoms with Gasteiger partial charge in [0.05, 0.1) is 6.04 Å². The highest BCUT2D eigenvalue weighted by Crippen LogP contribution is 2.31. The topological polar surface area (TPSA) is 66.3 Å². The molecule has 1 aromatic heterocycles. The zero-order valence-electron chi connectivity index (χ0n) is 16.7. The van der Waals surface area contributed by atoms with Crippen molar-refractivity contribution in [3.63, 3.8) is 0 Å². The third-order valence-corrected chi connectivity index (χ3v) is 6.29. The van der Waals surface area contributed by atoms with Crippen LogP contribution in [0.2, 0.25) is 0 Å². The van der Waals surface area contributed by atoms with Crippen LogP contribution >= 0.6 is 0 Å². The number of rotatable bonds is 3. The van der Waals surface area contributed by atoms with Gasteiger partial charge in [-0.15, -0.1) is 10.2 Å². The molecule has 7 heteroatoms. The number of likely N-dealkylation sites (tertiary alicyclic amines) is 1. The summed E-state index contributed by atoms with van der Waals surface area (Å²) in [6.07, 6.45) is 9.84. The van der Waals surface area contributed by atoms with E-state index >= 15 is 0 Å². The van der Waals surface area contributed by atoms with Crippen molar-refractivity contribution in [2.75, 3.05) is 26.7 Å². The lowest BCUT2D eigenvalue weighted by Gasteiger charge is -2.36. The van der Waals surface area contributed by atoms with Gasteiger partial charge in [0.25, 0.3) is 0 Å². The molecule has 2 amide bonds. The Balaban J connectivity index is 1.47. The summed E-state index contributed by atoms with van der Waals surface area (Å²) >= 11 is 0. The minimum atomic E-state index is 0.0418. The van der Waals surface area contributed by atoms with Crippen molar-refractivity contribution in [2.45, 2.75) is 70.5 Å². The fourth-order valence-electron chi connectivity index (χ4n) is 4.56. The second kappa shape index (κ2) is 8.00. The molecule has 0 bridgehead atoms. The van der Waals surface area contributed by atoms with Gasteiger partial charge in [-0.1, -0.05) is 6.08 Å². The number of fused-ring (bicyclic) bond motifs is 1. The van der Waals surface area contributed by atoms with Crippen molar-refractivity contribution in [2.24, 2.45) is 0 Å². The van der Waals surface area contributed by atoms with Gasteiger partial charge in [-0.3, -0.25) is 0 Å². The minimum absolute atomic E-state index is 0.0418. The van der Waals surface area contributed by atoms with Crippen molar-refractivity contribution in [3.05, 3.63) is 23.3 Å². The first-order chi connectivity index (χ1) is 13.1. The van der Waals surface area contributed by atoms with Crippen LogP contribution in [-0.4, -0.2) is 63.3 Å². The summed E-state index contributed by atoms with van der Waals surface area (Å²) in [6, 6.07) is 0.179. The van der Waals surface area contributed by atoms with Gasteiger partial charge in [-0.2, -0.15) is 0 Å². The maximum atomic E-state index is 13.1. The zero-order valence-corrected chi connectivity index (χ0v) is 16.7. The molecular formula is C20H32N6O. The highest BCUT2D eigenvalue weighted by Gasteiger charge is 2.33. The lowest BCUT2D eigenvalue weighted by Crippen LogP contribution is -2.48. The predicted molar refractivity (Wildman–Crippen MR) is 104 cm³/mol. The Hall–Kier alpha value is -1.89. The number of piperidine rings is 1. The molecule has 3 aliphatic heterocycles. The fraction of sp³-hybridized carbons (Fsp3) is 0.750. The van der Waals surface area contributed by atoms with Crippen LogP contribution in [0.5, 0.6) is 0 Å². The van der Waals surface area contributed by atoms with Crippen LogP contribution < -0.4 is 5.32 Å². The lowest BCUT2D eigenvalue weighted by atomic mass is 10.00. The summed E-state index contributed by atoms with van der Waals surface area (Å²) in [7, 11) is 2.13. The average Bonchev–Trinajstić information content (AvgIpc) is 3.12. The van der Waals surface area contributed by atoms with Crippen LogP contribution in [0.3, 0.4) is 0 Å². The average molecular weight is 373 g/mol. The van der Waals surface area contributed by atoms with Crippen molar-refractivity contribution in [1.29, 1.82) is 0 Å². The van der Waals surface area contributed by atoms with Crippen molar-refractivity contribution in [1.82, 2.24) is 29.9 Å². The molecule has 148 valence electrons. The number of aromatic nitrogens is 3. The maximum absolute atomic E-state index is 13.1. The van der Waals surface area contributed by atoms with E-state index < -0.39 is 0 Å². The molecule has 1 saturated heterocycles. The number of nitrogens with zero attached hydrogens (tertiary/aromatic N) is 5. The molecule has 1 N–H and O–H groups in total. The largest absolute Gasteiger partial charge is 0.332 e. The number of hydrogen-bond donors (Lipinski definition) is 1. The summed E-state index contributed by atoms with van der Waals surface area (Å²) < 4.78 is 2.27. The van der Waals surface area contributed by atoms with E-state index in [1.165, 1.54) is 18.4 Å². The molecule has 4 rings (SSSR count). The number of nitrogens with one attached hydrogen (secondary N) is 1. The van der Waals surface area contributed by atoms with E-state index in [0.717, 1.165) is 69.9 Å². The summed E-state index contributed by atoms with van der Waals surface area (Å²) in [4.78, 5) is 17.4. The first-order valence-corrected chi connectivity index (χ1v) is 10.5. The summed E-state index contributed by atoms with van der Waals surface area (Å²) in [6.45, 7) is 5.92. The number of carbonyl (C=O) groups is 1. The Morgan fingerprint density at radius 1 is 1.15 bits per heavy atom. The molecule has 1 fully saturated rings. The Bertz CT molecular complexity index is 711. The molecule has 0 aliphatic carbocycles. The van der Waals surface area contributed by atoms with Gasteiger partial charge < -0.3 is 19.7 Å². The second-order valence-electron chi connectivity index (χ2n) is 8.25. The number of urea groups is 1. The Morgan fingerprint density at radius 2 is 2.00 bits per heavy atom. The summed E-state index contributed by atoms with van der Waals surface area (Å²) in [5.74, 6) is 2.08. The molecule has 7 nitrogen and oxygen atoms in total. The van der Waals surface area contributed by atoms with Crippen molar-refractivity contribution < 1.29 is 4.79 Å². The van der Waals surface area contributed by atoms with Crippen LogP contribution in [0.4, 0.5) is 4.79 Å². The zero-order chi connectivity index (χ0) is 18.8. The van der Waals surface area contributed by atoms with E-state index in [1.54, 1.807) is 0 Å². The standard InChI is InChI=1S/C20H32N6O/c1-15(16-9-13-24(2)14-10-16)21-20(27)25-11-5-3-7-17(25)19-23-22-18-8-4-6-12-26(18)19/h9,15,17H,3-8,10-14H2,1-2H3,(H,21,27). The Labute approximate surface area is 161 Å². The second-order valence-corrected chi connectivity index (χ2v) is 8.25. The highest BCUT2D eigenvalue weighted by atomic mass is 16.2. The molecule has 0 aromatic carbocycles. The van der Waals surface area contributed by atoms with Gasteiger partial charge in [-0.05, 0) is 58.1 Å². The molecule has 4 heterocycles.